The van der Waals surface area contributed by atoms with Crippen LogP contribution < -0.4 is 0 Å². The molecule has 0 saturated carbocycles. The normalized spacial score (nSPS) is 19.8. The van der Waals surface area contributed by atoms with Gasteiger partial charge in [-0.05, 0) is 42.7 Å². The number of hydrogen-bond donors (Lipinski definition) is 0. The zero-order valence-electron chi connectivity index (χ0n) is 13.2. The SMILES string of the molecule is CCCc1nc2c(cc1C(=O)OCC)C(C)(C)CC2C. The van der Waals surface area contributed by atoms with Gasteiger partial charge in [-0.15, -0.1) is 0 Å². The molecule has 1 aliphatic rings. The van der Waals surface area contributed by atoms with Gasteiger partial charge in [-0.2, -0.15) is 0 Å². The summed E-state index contributed by atoms with van der Waals surface area (Å²) in [5.41, 5.74) is 4.04. The lowest BCUT2D eigenvalue weighted by molar-refractivity contribution is 0.0524. The lowest BCUT2D eigenvalue weighted by Crippen LogP contribution is -2.16. The minimum absolute atomic E-state index is 0.0910. The summed E-state index contributed by atoms with van der Waals surface area (Å²) in [7, 11) is 0. The fourth-order valence-electron chi connectivity index (χ4n) is 3.27. The highest BCUT2D eigenvalue weighted by Gasteiger charge is 2.37. The molecule has 2 rings (SSSR count). The average molecular weight is 275 g/mol. The van der Waals surface area contributed by atoms with Crippen LogP contribution in [0.1, 0.15) is 80.7 Å². The quantitative estimate of drug-likeness (QED) is 0.780. The van der Waals surface area contributed by atoms with Crippen molar-refractivity contribution in [2.45, 2.75) is 65.2 Å². The number of hydrogen-bond acceptors (Lipinski definition) is 3. The Hall–Kier alpha value is -1.38. The fraction of sp³-hybridized carbons (Fsp3) is 0.647. The first-order valence-electron chi connectivity index (χ1n) is 7.62. The first-order valence-corrected chi connectivity index (χ1v) is 7.62. The van der Waals surface area contributed by atoms with Crippen molar-refractivity contribution in [3.8, 4) is 0 Å². The van der Waals surface area contributed by atoms with E-state index in [0.717, 1.165) is 25.0 Å². The Labute approximate surface area is 121 Å². The van der Waals surface area contributed by atoms with E-state index in [4.69, 9.17) is 9.72 Å². The molecule has 1 unspecified atom stereocenters. The molecule has 1 atom stereocenters. The molecule has 3 heteroatoms. The van der Waals surface area contributed by atoms with Crippen LogP contribution in [-0.2, 0) is 16.6 Å². The van der Waals surface area contributed by atoms with E-state index < -0.39 is 0 Å². The Kier molecular flexibility index (Phi) is 4.17. The van der Waals surface area contributed by atoms with E-state index >= 15 is 0 Å². The summed E-state index contributed by atoms with van der Waals surface area (Å²) < 4.78 is 5.19. The second kappa shape index (κ2) is 5.55. The largest absolute Gasteiger partial charge is 0.462 e. The van der Waals surface area contributed by atoms with Crippen molar-refractivity contribution < 1.29 is 9.53 Å². The monoisotopic (exact) mass is 275 g/mol. The summed E-state index contributed by atoms with van der Waals surface area (Å²) >= 11 is 0. The predicted molar refractivity (Wildman–Crippen MR) is 80.2 cm³/mol. The Morgan fingerprint density at radius 2 is 2.15 bits per heavy atom. The first kappa shape index (κ1) is 15.0. The van der Waals surface area contributed by atoms with Gasteiger partial charge in [0.25, 0.3) is 0 Å². The Bertz CT molecular complexity index is 520. The first-order chi connectivity index (χ1) is 9.40. The van der Waals surface area contributed by atoms with E-state index in [-0.39, 0.29) is 11.4 Å². The topological polar surface area (TPSA) is 39.2 Å². The number of pyridine rings is 1. The van der Waals surface area contributed by atoms with Gasteiger partial charge in [-0.25, -0.2) is 4.79 Å². The third kappa shape index (κ3) is 2.58. The van der Waals surface area contributed by atoms with Crippen LogP contribution in [0.2, 0.25) is 0 Å². The molecule has 1 aliphatic carbocycles. The maximum atomic E-state index is 12.2. The highest BCUT2D eigenvalue weighted by atomic mass is 16.5. The van der Waals surface area contributed by atoms with E-state index in [0.29, 0.717) is 18.1 Å². The van der Waals surface area contributed by atoms with Crippen LogP contribution in [0.3, 0.4) is 0 Å². The van der Waals surface area contributed by atoms with Crippen LogP contribution in [0.25, 0.3) is 0 Å². The third-order valence-corrected chi connectivity index (χ3v) is 4.13. The number of ether oxygens (including phenoxy) is 1. The number of esters is 1. The minimum Gasteiger partial charge on any atom is -0.462 e. The summed E-state index contributed by atoms with van der Waals surface area (Å²) in [4.78, 5) is 17.0. The summed E-state index contributed by atoms with van der Waals surface area (Å²) in [5.74, 6) is 0.230. The molecule has 20 heavy (non-hydrogen) atoms. The highest BCUT2D eigenvalue weighted by Crippen LogP contribution is 2.45. The molecule has 1 aromatic rings. The van der Waals surface area contributed by atoms with Gasteiger partial charge in [-0.3, -0.25) is 4.98 Å². The molecule has 0 fully saturated rings. The number of aryl methyl sites for hydroxylation is 1. The predicted octanol–water partition coefficient (Wildman–Crippen LogP) is 4.00. The zero-order valence-corrected chi connectivity index (χ0v) is 13.2. The van der Waals surface area contributed by atoms with Crippen LogP contribution in [-0.4, -0.2) is 17.6 Å². The van der Waals surface area contributed by atoms with Crippen LogP contribution in [0.5, 0.6) is 0 Å². The maximum absolute atomic E-state index is 12.2. The number of nitrogens with zero attached hydrogens (tertiary/aromatic N) is 1. The van der Waals surface area contributed by atoms with Gasteiger partial charge in [-0.1, -0.05) is 34.1 Å². The molecule has 0 radical (unpaired) electrons. The molecule has 0 saturated heterocycles. The van der Waals surface area contributed by atoms with Gasteiger partial charge in [0.2, 0.25) is 0 Å². The van der Waals surface area contributed by atoms with Gasteiger partial charge < -0.3 is 4.74 Å². The van der Waals surface area contributed by atoms with Crippen molar-refractivity contribution in [3.63, 3.8) is 0 Å². The number of carbonyl (C=O) groups is 1. The van der Waals surface area contributed by atoms with Crippen molar-refractivity contribution in [1.29, 1.82) is 0 Å². The van der Waals surface area contributed by atoms with E-state index in [1.807, 2.05) is 13.0 Å². The molecule has 1 heterocycles. The second-order valence-electron chi connectivity index (χ2n) is 6.37. The number of aromatic nitrogens is 1. The lowest BCUT2D eigenvalue weighted by Gasteiger charge is -2.20. The van der Waals surface area contributed by atoms with E-state index in [2.05, 4.69) is 27.7 Å². The molecule has 0 aliphatic heterocycles. The van der Waals surface area contributed by atoms with Gasteiger partial charge in [0, 0.05) is 5.69 Å². The summed E-state index contributed by atoms with van der Waals surface area (Å²) in [5, 5.41) is 0. The minimum atomic E-state index is -0.235. The number of rotatable bonds is 4. The molecule has 0 bridgehead atoms. The molecule has 0 N–H and O–H groups in total. The summed E-state index contributed by atoms with van der Waals surface area (Å²) in [6.07, 6.45) is 2.90. The van der Waals surface area contributed by atoms with Crippen LogP contribution >= 0.6 is 0 Å². The van der Waals surface area contributed by atoms with Crippen molar-refractivity contribution in [2.75, 3.05) is 6.61 Å². The Morgan fingerprint density at radius 1 is 1.45 bits per heavy atom. The van der Waals surface area contributed by atoms with Crippen molar-refractivity contribution in [3.05, 3.63) is 28.6 Å². The van der Waals surface area contributed by atoms with Crippen molar-refractivity contribution in [1.82, 2.24) is 4.98 Å². The lowest BCUT2D eigenvalue weighted by atomic mass is 9.85. The van der Waals surface area contributed by atoms with E-state index in [1.54, 1.807) is 0 Å². The second-order valence-corrected chi connectivity index (χ2v) is 6.37. The molecule has 0 aromatic carbocycles. The summed E-state index contributed by atoms with van der Waals surface area (Å²) in [6, 6.07) is 2.04. The van der Waals surface area contributed by atoms with E-state index in [9.17, 15) is 4.79 Å². The fourth-order valence-corrected chi connectivity index (χ4v) is 3.27. The highest BCUT2D eigenvalue weighted by molar-refractivity contribution is 5.91. The smallest absolute Gasteiger partial charge is 0.339 e. The van der Waals surface area contributed by atoms with Crippen LogP contribution in [0, 0.1) is 0 Å². The number of carbonyl (C=O) groups excluding carboxylic acids is 1. The van der Waals surface area contributed by atoms with Gasteiger partial charge in [0.05, 0.1) is 17.9 Å². The summed E-state index contributed by atoms with van der Waals surface area (Å²) in [6.45, 7) is 11.0. The Morgan fingerprint density at radius 3 is 2.75 bits per heavy atom. The molecule has 0 amide bonds. The van der Waals surface area contributed by atoms with Gasteiger partial charge in [0.1, 0.15) is 0 Å². The van der Waals surface area contributed by atoms with Crippen molar-refractivity contribution >= 4 is 5.97 Å². The van der Waals surface area contributed by atoms with Gasteiger partial charge >= 0.3 is 5.97 Å². The van der Waals surface area contributed by atoms with Crippen molar-refractivity contribution in [2.24, 2.45) is 0 Å². The molecule has 0 spiro atoms. The van der Waals surface area contributed by atoms with Gasteiger partial charge in [0.15, 0.2) is 0 Å². The average Bonchev–Trinajstić information content (AvgIpc) is 2.59. The molecule has 110 valence electrons. The maximum Gasteiger partial charge on any atom is 0.339 e. The standard InChI is InChI=1S/C17H25NO2/c1-6-8-14-12(16(19)20-7-2)9-13-15(18-14)11(3)10-17(13,4)5/h9,11H,6-8,10H2,1-5H3. The number of fused-ring (bicyclic) bond motifs is 1. The van der Waals surface area contributed by atoms with Crippen LogP contribution in [0.15, 0.2) is 6.07 Å². The van der Waals surface area contributed by atoms with E-state index in [1.165, 1.54) is 11.3 Å². The molecule has 1 aromatic heterocycles. The third-order valence-electron chi connectivity index (χ3n) is 4.13. The molecular weight excluding hydrogens is 250 g/mol. The Balaban J connectivity index is 2.54. The van der Waals surface area contributed by atoms with Crippen LogP contribution in [0.4, 0.5) is 0 Å². The molecular formula is C17H25NO2. The zero-order chi connectivity index (χ0) is 14.9. The molecule has 3 nitrogen and oxygen atoms in total.